The lowest BCUT2D eigenvalue weighted by Crippen LogP contribution is -2.42. The number of nitrogens with zero attached hydrogens (tertiary/aromatic N) is 2. The van der Waals surface area contributed by atoms with Crippen LogP contribution in [0.2, 0.25) is 0 Å². The highest BCUT2D eigenvalue weighted by atomic mass is 32.1. The van der Waals surface area contributed by atoms with Gasteiger partial charge in [-0.05, 0) is 32.9 Å². The van der Waals surface area contributed by atoms with Crippen LogP contribution in [0.15, 0.2) is 30.3 Å². The third kappa shape index (κ3) is 4.97. The quantitative estimate of drug-likeness (QED) is 0.825. The predicted molar refractivity (Wildman–Crippen MR) is 105 cm³/mol. The molecule has 7 nitrogen and oxygen atoms in total. The van der Waals surface area contributed by atoms with Crippen LogP contribution in [-0.2, 0) is 17.8 Å². The number of anilines is 1. The Kier molecular flexibility index (Phi) is 5.95. The van der Waals surface area contributed by atoms with Gasteiger partial charge in [-0.15, -0.1) is 0 Å². The first kappa shape index (κ1) is 19.2. The highest BCUT2D eigenvalue weighted by Crippen LogP contribution is 2.28. The zero-order chi connectivity index (χ0) is 19.4. The van der Waals surface area contributed by atoms with Crippen LogP contribution in [0.25, 0.3) is 0 Å². The van der Waals surface area contributed by atoms with E-state index in [1.54, 1.807) is 11.8 Å². The second-order valence-electron chi connectivity index (χ2n) is 6.72. The number of urea groups is 1. The van der Waals surface area contributed by atoms with Crippen molar-refractivity contribution in [2.45, 2.75) is 45.9 Å². The highest BCUT2D eigenvalue weighted by molar-refractivity contribution is 7.15. The maximum absolute atomic E-state index is 12.7. The molecule has 2 heterocycles. The molecule has 1 aliphatic heterocycles. The lowest BCUT2D eigenvalue weighted by molar-refractivity contribution is -0.138. The van der Waals surface area contributed by atoms with Gasteiger partial charge in [0.2, 0.25) is 0 Å². The number of para-hydroxylation sites is 1. The maximum Gasteiger partial charge on any atom is 0.321 e. The van der Waals surface area contributed by atoms with Crippen molar-refractivity contribution in [3.8, 4) is 5.75 Å². The van der Waals surface area contributed by atoms with Crippen molar-refractivity contribution < 1.29 is 14.3 Å². The van der Waals surface area contributed by atoms with Gasteiger partial charge in [-0.2, -0.15) is 0 Å². The summed E-state index contributed by atoms with van der Waals surface area (Å²) < 4.78 is 5.74. The van der Waals surface area contributed by atoms with E-state index in [2.05, 4.69) is 15.6 Å². The van der Waals surface area contributed by atoms with E-state index < -0.39 is 6.10 Å². The number of thiazole rings is 1. The Balaban J connectivity index is 1.60. The van der Waals surface area contributed by atoms with Crippen LogP contribution in [0.3, 0.4) is 0 Å². The minimum absolute atomic E-state index is 0.0510. The van der Waals surface area contributed by atoms with Gasteiger partial charge in [0.25, 0.3) is 5.91 Å². The summed E-state index contributed by atoms with van der Waals surface area (Å²) in [4.78, 5) is 31.8. The molecule has 27 heavy (non-hydrogen) atoms. The molecule has 1 aromatic heterocycles. The minimum Gasteiger partial charge on any atom is -0.481 e. The fourth-order valence-electron chi connectivity index (χ4n) is 2.84. The molecule has 1 unspecified atom stereocenters. The van der Waals surface area contributed by atoms with Crippen LogP contribution in [0, 0.1) is 0 Å². The molecule has 0 spiro atoms. The van der Waals surface area contributed by atoms with E-state index in [4.69, 9.17) is 4.74 Å². The lowest BCUT2D eigenvalue weighted by Gasteiger charge is -2.28. The first-order valence-electron chi connectivity index (χ1n) is 8.99. The second kappa shape index (κ2) is 8.39. The van der Waals surface area contributed by atoms with Crippen molar-refractivity contribution in [1.29, 1.82) is 0 Å². The largest absolute Gasteiger partial charge is 0.481 e. The lowest BCUT2D eigenvalue weighted by atomic mass is 10.1. The number of carbonyl (C=O) groups is 2. The molecule has 2 aromatic rings. The third-order valence-electron chi connectivity index (χ3n) is 4.09. The summed E-state index contributed by atoms with van der Waals surface area (Å²) in [5.74, 6) is 0.626. The molecule has 1 aromatic carbocycles. The van der Waals surface area contributed by atoms with Gasteiger partial charge < -0.3 is 15.0 Å². The summed E-state index contributed by atoms with van der Waals surface area (Å²) in [5, 5.41) is 6.09. The van der Waals surface area contributed by atoms with Crippen molar-refractivity contribution in [3.05, 3.63) is 40.9 Å². The second-order valence-corrected chi connectivity index (χ2v) is 7.81. The number of amides is 3. The Hall–Kier alpha value is -2.61. The van der Waals surface area contributed by atoms with Gasteiger partial charge >= 0.3 is 6.03 Å². The molecular formula is C19H24N4O3S. The summed E-state index contributed by atoms with van der Waals surface area (Å²) in [6.45, 7) is 6.64. The third-order valence-corrected chi connectivity index (χ3v) is 5.08. The molecule has 1 atom stereocenters. The minimum atomic E-state index is -0.559. The number of aromatic nitrogens is 1. The predicted octanol–water partition coefficient (Wildman–Crippen LogP) is 3.03. The van der Waals surface area contributed by atoms with Gasteiger partial charge in [-0.3, -0.25) is 10.1 Å². The van der Waals surface area contributed by atoms with Crippen LogP contribution < -0.4 is 15.4 Å². The molecule has 0 fully saturated rings. The van der Waals surface area contributed by atoms with Crippen molar-refractivity contribution in [1.82, 2.24) is 15.2 Å². The average molecular weight is 388 g/mol. The van der Waals surface area contributed by atoms with E-state index in [0.717, 1.165) is 10.6 Å². The molecule has 0 saturated heterocycles. The zero-order valence-electron chi connectivity index (χ0n) is 15.7. The van der Waals surface area contributed by atoms with Gasteiger partial charge in [0.05, 0.1) is 12.2 Å². The van der Waals surface area contributed by atoms with E-state index >= 15 is 0 Å². The van der Waals surface area contributed by atoms with Crippen LogP contribution in [0.1, 0.15) is 31.3 Å². The van der Waals surface area contributed by atoms with E-state index in [0.29, 0.717) is 30.4 Å². The molecule has 144 valence electrons. The van der Waals surface area contributed by atoms with E-state index in [1.807, 2.05) is 44.2 Å². The molecule has 0 saturated carbocycles. The summed E-state index contributed by atoms with van der Waals surface area (Å²) in [5.41, 5.74) is 0.945. The molecule has 3 amide bonds. The van der Waals surface area contributed by atoms with E-state index in [-0.39, 0.29) is 18.0 Å². The van der Waals surface area contributed by atoms with Gasteiger partial charge in [0.15, 0.2) is 11.2 Å². The Morgan fingerprint density at radius 1 is 1.22 bits per heavy atom. The smallest absolute Gasteiger partial charge is 0.321 e. The van der Waals surface area contributed by atoms with Crippen LogP contribution >= 0.6 is 11.3 Å². The Labute approximate surface area is 162 Å². The number of hydrogen-bond acceptors (Lipinski definition) is 5. The number of hydrogen-bond donors (Lipinski definition) is 2. The van der Waals surface area contributed by atoms with Gasteiger partial charge in [0.1, 0.15) is 5.75 Å². The molecule has 2 N–H and O–H groups in total. The monoisotopic (exact) mass is 388 g/mol. The van der Waals surface area contributed by atoms with Gasteiger partial charge in [-0.1, -0.05) is 29.5 Å². The van der Waals surface area contributed by atoms with Gasteiger partial charge in [-0.25, -0.2) is 9.78 Å². The van der Waals surface area contributed by atoms with Gasteiger partial charge in [0, 0.05) is 23.9 Å². The number of nitrogens with one attached hydrogen (secondary N) is 2. The zero-order valence-corrected chi connectivity index (χ0v) is 16.5. The van der Waals surface area contributed by atoms with E-state index in [9.17, 15) is 9.59 Å². The molecule has 0 radical (unpaired) electrons. The number of ether oxygens (including phenoxy) is 1. The van der Waals surface area contributed by atoms with Crippen LogP contribution in [-0.4, -0.2) is 40.5 Å². The SMILES string of the molecule is CC(C)NC(=O)Nc1nc2c(s1)CN(C(=O)C(C)Oc1ccccc1)CC2. The Morgan fingerprint density at radius 3 is 2.67 bits per heavy atom. The number of carbonyl (C=O) groups excluding carboxylic acids is 2. The summed E-state index contributed by atoms with van der Waals surface area (Å²) >= 11 is 1.41. The van der Waals surface area contributed by atoms with Crippen LogP contribution in [0.4, 0.5) is 9.93 Å². The number of rotatable bonds is 5. The van der Waals surface area contributed by atoms with Crippen molar-refractivity contribution in [2.24, 2.45) is 0 Å². The molecule has 0 aliphatic carbocycles. The topological polar surface area (TPSA) is 83.6 Å². The fourth-order valence-corrected chi connectivity index (χ4v) is 3.86. The standard InChI is InChI=1S/C19H24N4O3S/c1-12(2)20-18(25)22-19-21-15-9-10-23(11-16(15)27-19)17(24)13(3)26-14-7-5-4-6-8-14/h4-8,12-13H,9-11H2,1-3H3,(H2,20,21,22,25). The van der Waals surface area contributed by atoms with Crippen LogP contribution in [0.5, 0.6) is 5.75 Å². The Morgan fingerprint density at radius 2 is 1.96 bits per heavy atom. The summed E-state index contributed by atoms with van der Waals surface area (Å²) in [6, 6.07) is 9.11. The summed E-state index contributed by atoms with van der Waals surface area (Å²) in [7, 11) is 0. The maximum atomic E-state index is 12.7. The normalized spacial score (nSPS) is 14.4. The molecule has 8 heteroatoms. The summed E-state index contributed by atoms with van der Waals surface area (Å²) in [6.07, 6.45) is 0.111. The number of fused-ring (bicyclic) bond motifs is 1. The van der Waals surface area contributed by atoms with Crippen molar-refractivity contribution >= 4 is 28.4 Å². The number of benzene rings is 1. The molecule has 1 aliphatic rings. The molecule has 0 bridgehead atoms. The average Bonchev–Trinajstić information content (AvgIpc) is 3.02. The fraction of sp³-hybridized carbons (Fsp3) is 0.421. The Bertz CT molecular complexity index is 807. The van der Waals surface area contributed by atoms with E-state index in [1.165, 1.54) is 11.3 Å². The molecule has 3 rings (SSSR count). The van der Waals surface area contributed by atoms with Crippen molar-refractivity contribution in [3.63, 3.8) is 0 Å². The van der Waals surface area contributed by atoms with Crippen molar-refractivity contribution in [2.75, 3.05) is 11.9 Å². The highest BCUT2D eigenvalue weighted by Gasteiger charge is 2.28. The molecular weight excluding hydrogens is 364 g/mol. The first-order chi connectivity index (χ1) is 12.9. The first-order valence-corrected chi connectivity index (χ1v) is 9.80.